The van der Waals surface area contributed by atoms with E-state index in [1.54, 1.807) is 0 Å². The predicted molar refractivity (Wildman–Crippen MR) is 242 cm³/mol. The van der Waals surface area contributed by atoms with Crippen LogP contribution in [-0.2, 0) is 14.3 Å². The van der Waals surface area contributed by atoms with E-state index in [4.69, 9.17) is 20.1 Å². The largest absolute Gasteiger partial charge is 0.480 e. The SMILES string of the molecule is CC/C=C\C/C=C\C/C=C\C/C=C\C/C=C\CCCCO.CC/C=C\C/C=C\C/C=C\C/C=C\C/C=C\CCCCOC(CC)C(=O)O.CCC(Br)C(=O)O. The van der Waals surface area contributed by atoms with E-state index in [0.29, 0.717) is 26.1 Å². The lowest BCUT2D eigenvalue weighted by Crippen LogP contribution is -2.23. The minimum absolute atomic E-state index is 0.310. The monoisotopic (exact) mass is 828 g/mol. The Hall–Kier alpha value is -3.26. The number of carboxylic acids is 2. The number of unbranched alkanes of at least 4 members (excludes halogenated alkanes) is 4. The van der Waals surface area contributed by atoms with E-state index in [1.807, 2.05) is 13.8 Å². The molecule has 2 unspecified atom stereocenters. The topological polar surface area (TPSA) is 104 Å². The zero-order valence-corrected chi connectivity index (χ0v) is 36.4. The van der Waals surface area contributed by atoms with Gasteiger partial charge < -0.3 is 20.1 Å². The Morgan fingerprint density at radius 2 is 0.800 bits per heavy atom. The molecule has 0 saturated carbocycles. The van der Waals surface area contributed by atoms with Crippen LogP contribution in [0.2, 0.25) is 0 Å². The minimum atomic E-state index is -0.865. The molecule has 0 saturated heterocycles. The standard InChI is InChI=1S/C24H38O3.C20H32O.C4H7BrO2/c1-3-5-6-7-8-9-10-11-12-13-14-15-16-17-18-19-20-21-22-27-23(4-2)24(25)26;1-2-3-4-5-6-7-8-9-10-11-12-13-14-15-16-17-18-19-20-21;1-2-3(5)4(6)7/h5-6,8-9,11-12,14-15,17-18,23H,3-4,7,10,13,16,19-22H2,1-2H3,(H,25,26);3-4,6-7,9-10,12-13,15-16,21H,2,5,8,11,14,17-20H2,1H3;3H,2H2,1H3,(H,6,7)/b6-5-,9-8-,12-11-,15-14-,18-17-;4-3-,7-6-,10-9-,13-12-,16-15-;. The molecule has 0 aliphatic heterocycles. The third-order valence-corrected chi connectivity index (χ3v) is 8.49. The van der Waals surface area contributed by atoms with Crippen LogP contribution in [0.3, 0.4) is 0 Å². The molecule has 0 heterocycles. The maximum atomic E-state index is 10.8. The van der Waals surface area contributed by atoms with Crippen molar-refractivity contribution >= 4 is 27.9 Å². The number of hydrogen-bond donors (Lipinski definition) is 3. The molecular weight excluding hydrogens is 752 g/mol. The van der Waals surface area contributed by atoms with Crippen LogP contribution >= 0.6 is 15.9 Å². The van der Waals surface area contributed by atoms with Crippen LogP contribution < -0.4 is 0 Å². The van der Waals surface area contributed by atoms with E-state index in [0.717, 1.165) is 103 Å². The summed E-state index contributed by atoms with van der Waals surface area (Å²) in [5.74, 6) is -1.65. The van der Waals surface area contributed by atoms with E-state index in [9.17, 15) is 9.59 Å². The molecule has 0 spiro atoms. The van der Waals surface area contributed by atoms with Gasteiger partial charge in [-0.2, -0.15) is 0 Å². The van der Waals surface area contributed by atoms with Crippen LogP contribution in [0.1, 0.15) is 143 Å². The molecule has 0 bridgehead atoms. The Labute approximate surface area is 345 Å². The van der Waals surface area contributed by atoms with Crippen LogP contribution in [0.25, 0.3) is 0 Å². The fraction of sp³-hybridized carbons (Fsp3) is 0.542. The van der Waals surface area contributed by atoms with Gasteiger partial charge >= 0.3 is 11.9 Å². The fourth-order valence-corrected chi connectivity index (χ4v) is 4.24. The lowest BCUT2D eigenvalue weighted by molar-refractivity contribution is -0.150. The maximum Gasteiger partial charge on any atom is 0.332 e. The van der Waals surface area contributed by atoms with Crippen molar-refractivity contribution in [3.8, 4) is 0 Å². The van der Waals surface area contributed by atoms with Gasteiger partial charge in [0, 0.05) is 13.2 Å². The Kier molecular flexibility index (Phi) is 51.7. The number of carboxylic acid groups (broad SMARTS) is 2. The Morgan fingerprint density at radius 1 is 0.473 bits per heavy atom. The molecule has 0 aromatic rings. The lowest BCUT2D eigenvalue weighted by atomic mass is 10.2. The minimum Gasteiger partial charge on any atom is -0.480 e. The molecule has 0 rings (SSSR count). The van der Waals surface area contributed by atoms with Crippen molar-refractivity contribution in [1.29, 1.82) is 0 Å². The molecule has 6 nitrogen and oxygen atoms in total. The number of halogens is 1. The van der Waals surface area contributed by atoms with Gasteiger partial charge in [0.2, 0.25) is 0 Å². The van der Waals surface area contributed by atoms with E-state index < -0.39 is 18.0 Å². The molecule has 3 N–H and O–H groups in total. The average molecular weight is 830 g/mol. The first-order valence-electron chi connectivity index (χ1n) is 20.6. The van der Waals surface area contributed by atoms with Gasteiger partial charge in [-0.05, 0) is 116 Å². The summed E-state index contributed by atoms with van der Waals surface area (Å²) < 4.78 is 5.33. The average Bonchev–Trinajstić information content (AvgIpc) is 3.18. The summed E-state index contributed by atoms with van der Waals surface area (Å²) in [7, 11) is 0. The predicted octanol–water partition coefficient (Wildman–Crippen LogP) is 13.9. The van der Waals surface area contributed by atoms with Crippen molar-refractivity contribution in [2.75, 3.05) is 13.2 Å². The van der Waals surface area contributed by atoms with Crippen molar-refractivity contribution in [3.05, 3.63) is 122 Å². The van der Waals surface area contributed by atoms with Gasteiger partial charge in [0.1, 0.15) is 4.83 Å². The highest BCUT2D eigenvalue weighted by molar-refractivity contribution is 9.10. The summed E-state index contributed by atoms with van der Waals surface area (Å²) in [6.45, 7) is 8.78. The zero-order chi connectivity index (χ0) is 41.3. The number of allylic oxidation sites excluding steroid dienone is 20. The van der Waals surface area contributed by atoms with Crippen LogP contribution in [-0.4, -0.2) is 51.4 Å². The fourth-order valence-electron chi connectivity index (χ4n) is 4.24. The van der Waals surface area contributed by atoms with Crippen LogP contribution in [0.5, 0.6) is 0 Å². The number of hydrogen-bond acceptors (Lipinski definition) is 4. The molecule has 55 heavy (non-hydrogen) atoms. The Bertz CT molecular complexity index is 1140. The van der Waals surface area contributed by atoms with Gasteiger partial charge in [-0.25, -0.2) is 4.79 Å². The van der Waals surface area contributed by atoms with Crippen molar-refractivity contribution < 1.29 is 29.6 Å². The first kappa shape index (κ1) is 56.1. The number of aliphatic carboxylic acids is 2. The number of rotatable bonds is 32. The quantitative estimate of drug-likeness (QED) is 0.0354. The smallest absolute Gasteiger partial charge is 0.332 e. The molecule has 0 amide bonds. The van der Waals surface area contributed by atoms with E-state index in [2.05, 4.69) is 151 Å². The summed E-state index contributed by atoms with van der Waals surface area (Å²) >= 11 is 2.94. The zero-order valence-electron chi connectivity index (χ0n) is 34.8. The van der Waals surface area contributed by atoms with Crippen LogP contribution in [0, 0.1) is 0 Å². The van der Waals surface area contributed by atoms with Crippen LogP contribution in [0.4, 0.5) is 0 Å². The summed E-state index contributed by atoms with van der Waals surface area (Å²) in [5.41, 5.74) is 0. The Balaban J connectivity index is -0.000000854. The molecule has 0 radical (unpaired) electrons. The molecule has 0 aromatic heterocycles. The van der Waals surface area contributed by atoms with E-state index in [1.165, 1.54) is 0 Å². The molecule has 0 fully saturated rings. The Morgan fingerprint density at radius 3 is 1.05 bits per heavy atom. The third kappa shape index (κ3) is 52.9. The summed E-state index contributed by atoms with van der Waals surface area (Å²) in [5, 5.41) is 25.7. The van der Waals surface area contributed by atoms with Gasteiger partial charge in [0.05, 0.1) is 0 Å². The number of aliphatic hydroxyl groups is 1. The van der Waals surface area contributed by atoms with E-state index in [-0.39, 0.29) is 4.83 Å². The highest BCUT2D eigenvalue weighted by Gasteiger charge is 2.14. The second kappa shape index (κ2) is 50.7. The first-order valence-corrected chi connectivity index (χ1v) is 21.6. The van der Waals surface area contributed by atoms with Crippen molar-refractivity contribution in [1.82, 2.24) is 0 Å². The van der Waals surface area contributed by atoms with Gasteiger partial charge in [0.15, 0.2) is 6.10 Å². The van der Waals surface area contributed by atoms with Crippen molar-refractivity contribution in [2.45, 2.75) is 154 Å². The highest BCUT2D eigenvalue weighted by Crippen LogP contribution is 2.04. The number of alkyl halides is 1. The van der Waals surface area contributed by atoms with Crippen LogP contribution in [0.15, 0.2) is 122 Å². The normalized spacial score (nSPS) is 13.5. The molecule has 0 aliphatic carbocycles. The molecule has 0 aromatic carbocycles. The summed E-state index contributed by atoms with van der Waals surface area (Å²) in [6, 6.07) is 0. The van der Waals surface area contributed by atoms with Crippen molar-refractivity contribution in [2.24, 2.45) is 0 Å². The number of aliphatic hydroxyl groups excluding tert-OH is 1. The molecule has 2 atom stereocenters. The second-order valence-corrected chi connectivity index (χ2v) is 13.6. The van der Waals surface area contributed by atoms with Crippen molar-refractivity contribution in [3.63, 3.8) is 0 Å². The molecule has 312 valence electrons. The third-order valence-electron chi connectivity index (χ3n) is 7.45. The van der Waals surface area contributed by atoms with Gasteiger partial charge in [-0.15, -0.1) is 0 Å². The van der Waals surface area contributed by atoms with Gasteiger partial charge in [0.25, 0.3) is 0 Å². The summed E-state index contributed by atoms with van der Waals surface area (Å²) in [4.78, 5) is 20.3. The second-order valence-electron chi connectivity index (χ2n) is 12.5. The maximum absolute atomic E-state index is 10.8. The molecule has 7 heteroatoms. The van der Waals surface area contributed by atoms with Gasteiger partial charge in [-0.3, -0.25) is 4.79 Å². The number of carbonyl (C=O) groups is 2. The first-order chi connectivity index (χ1) is 26.8. The lowest BCUT2D eigenvalue weighted by Gasteiger charge is -2.10. The van der Waals surface area contributed by atoms with E-state index >= 15 is 0 Å². The molecule has 0 aliphatic rings. The highest BCUT2D eigenvalue weighted by atomic mass is 79.9. The number of ether oxygens (including phenoxy) is 1. The summed E-state index contributed by atoms with van der Waals surface area (Å²) in [6.07, 6.45) is 60.9. The van der Waals surface area contributed by atoms with Gasteiger partial charge in [-0.1, -0.05) is 165 Å². The molecular formula is C48H77BrO6.